The van der Waals surface area contributed by atoms with Gasteiger partial charge < -0.3 is 16.2 Å². The minimum absolute atomic E-state index is 0.497. The molecule has 0 aliphatic rings. The van der Waals surface area contributed by atoms with Crippen LogP contribution in [0.2, 0.25) is 0 Å². The minimum atomic E-state index is 0.497. The molecule has 0 spiro atoms. The molecule has 0 aromatic carbocycles. The number of ether oxygens (including phenoxy) is 1. The minimum Gasteiger partial charge on any atom is -0.494 e. The Morgan fingerprint density at radius 1 is 1.41 bits per heavy atom. The van der Waals surface area contributed by atoms with E-state index in [1.165, 1.54) is 0 Å². The smallest absolute Gasteiger partial charge is 0.145 e. The molecule has 1 aromatic heterocycles. The Balaban J connectivity index is 3.36. The lowest BCUT2D eigenvalue weighted by molar-refractivity contribution is 0.416. The Hall–Kier alpha value is -2.04. The fourth-order valence-corrected chi connectivity index (χ4v) is 1.55. The lowest BCUT2D eigenvalue weighted by atomic mass is 10.0. The van der Waals surface area contributed by atoms with Crippen LogP contribution < -0.4 is 16.2 Å². The van der Waals surface area contributed by atoms with Crippen molar-refractivity contribution in [2.24, 2.45) is 10.7 Å². The number of allylic oxidation sites excluding steroid dienone is 2. The zero-order valence-electron chi connectivity index (χ0n) is 10.6. The van der Waals surface area contributed by atoms with Crippen molar-refractivity contribution in [1.29, 1.82) is 0 Å². The first kappa shape index (κ1) is 13.0. The summed E-state index contributed by atoms with van der Waals surface area (Å²) in [5.41, 5.74) is 15.1. The summed E-state index contributed by atoms with van der Waals surface area (Å²) in [5.74, 6) is 0.581. The Morgan fingerprint density at radius 3 is 2.53 bits per heavy atom. The summed E-state index contributed by atoms with van der Waals surface area (Å²) >= 11 is 0. The van der Waals surface area contributed by atoms with Crippen LogP contribution in [0.1, 0.15) is 19.5 Å². The fraction of sp³-hybridized carbons (Fsp3) is 0.333. The number of rotatable bonds is 3. The first-order chi connectivity index (χ1) is 8.01. The molecule has 0 saturated carbocycles. The molecule has 1 heterocycles. The van der Waals surface area contributed by atoms with E-state index in [4.69, 9.17) is 16.2 Å². The largest absolute Gasteiger partial charge is 0.494 e. The van der Waals surface area contributed by atoms with E-state index in [1.807, 2.05) is 13.8 Å². The summed E-state index contributed by atoms with van der Waals surface area (Å²) in [6, 6.07) is 1.76. The van der Waals surface area contributed by atoms with Crippen molar-refractivity contribution in [3.05, 3.63) is 23.7 Å². The highest BCUT2D eigenvalue weighted by atomic mass is 16.5. The van der Waals surface area contributed by atoms with Crippen LogP contribution in [-0.4, -0.2) is 24.9 Å². The number of aromatic nitrogens is 1. The van der Waals surface area contributed by atoms with Crippen molar-refractivity contribution in [3.63, 3.8) is 0 Å². The summed E-state index contributed by atoms with van der Waals surface area (Å²) in [6.07, 6.45) is 1.56. The standard InChI is InChI=1S/C12H18N4O/c1-7(13)12(8(2)15-3)10-5-11(17-4)9(14)6-16-10/h5-6H,13-14H2,1-4H3/b12-7+,15-8?. The maximum absolute atomic E-state index is 5.86. The van der Waals surface area contributed by atoms with Crippen LogP contribution in [0.3, 0.4) is 0 Å². The Bertz CT molecular complexity index is 473. The average Bonchev–Trinajstić information content (AvgIpc) is 2.30. The van der Waals surface area contributed by atoms with E-state index in [-0.39, 0.29) is 0 Å². The van der Waals surface area contributed by atoms with Gasteiger partial charge in [0.1, 0.15) is 5.75 Å². The first-order valence-corrected chi connectivity index (χ1v) is 5.21. The van der Waals surface area contributed by atoms with E-state index in [1.54, 1.807) is 26.4 Å². The molecule has 92 valence electrons. The molecule has 0 radical (unpaired) electrons. The molecule has 5 heteroatoms. The molecule has 0 atom stereocenters. The van der Waals surface area contributed by atoms with Crippen molar-refractivity contribution in [3.8, 4) is 5.75 Å². The molecule has 0 fully saturated rings. The van der Waals surface area contributed by atoms with Crippen LogP contribution in [0.15, 0.2) is 23.0 Å². The second-order valence-electron chi connectivity index (χ2n) is 3.68. The van der Waals surface area contributed by atoms with Crippen LogP contribution >= 0.6 is 0 Å². The molecule has 1 rings (SSSR count). The van der Waals surface area contributed by atoms with Crippen LogP contribution in [0.25, 0.3) is 5.57 Å². The van der Waals surface area contributed by atoms with Crippen molar-refractivity contribution >= 4 is 17.0 Å². The molecular weight excluding hydrogens is 216 g/mol. The average molecular weight is 234 g/mol. The van der Waals surface area contributed by atoms with Crippen LogP contribution in [0.4, 0.5) is 5.69 Å². The number of hydrogen-bond donors (Lipinski definition) is 2. The van der Waals surface area contributed by atoms with Gasteiger partial charge in [0.2, 0.25) is 0 Å². The van der Waals surface area contributed by atoms with Gasteiger partial charge in [0.25, 0.3) is 0 Å². The number of nitrogens with two attached hydrogens (primary N) is 2. The van der Waals surface area contributed by atoms with Gasteiger partial charge in [0.05, 0.1) is 24.7 Å². The SMILES string of the molecule is CN=C(C)/C(=C(/C)N)c1cc(OC)c(N)cn1. The highest BCUT2D eigenvalue weighted by Gasteiger charge is 2.11. The number of aliphatic imine (C=N–C) groups is 1. The maximum Gasteiger partial charge on any atom is 0.145 e. The molecular formula is C12H18N4O. The topological polar surface area (TPSA) is 86.5 Å². The Labute approximate surface area is 101 Å². The summed E-state index contributed by atoms with van der Waals surface area (Å²) in [7, 11) is 3.28. The van der Waals surface area contributed by atoms with Gasteiger partial charge in [-0.3, -0.25) is 9.98 Å². The fourth-order valence-electron chi connectivity index (χ4n) is 1.55. The van der Waals surface area contributed by atoms with Gasteiger partial charge in [-0.05, 0) is 13.8 Å². The lowest BCUT2D eigenvalue weighted by Gasteiger charge is -2.11. The van der Waals surface area contributed by atoms with E-state index in [9.17, 15) is 0 Å². The van der Waals surface area contributed by atoms with Gasteiger partial charge in [0.15, 0.2) is 0 Å². The van der Waals surface area contributed by atoms with Gasteiger partial charge in [-0.1, -0.05) is 0 Å². The third-order valence-corrected chi connectivity index (χ3v) is 2.46. The van der Waals surface area contributed by atoms with Crippen LogP contribution in [-0.2, 0) is 0 Å². The van der Waals surface area contributed by atoms with Gasteiger partial charge in [0, 0.05) is 30.1 Å². The molecule has 0 aliphatic heterocycles. The third-order valence-electron chi connectivity index (χ3n) is 2.46. The molecule has 5 nitrogen and oxygen atoms in total. The number of pyridine rings is 1. The predicted molar refractivity (Wildman–Crippen MR) is 71.0 cm³/mol. The maximum atomic E-state index is 5.86. The van der Waals surface area contributed by atoms with Crippen LogP contribution in [0.5, 0.6) is 5.75 Å². The van der Waals surface area contributed by atoms with Crippen LogP contribution in [0, 0.1) is 0 Å². The molecule has 0 aliphatic carbocycles. The van der Waals surface area contributed by atoms with E-state index in [0.717, 1.165) is 11.3 Å². The normalized spacial score (nSPS) is 13.3. The van der Waals surface area contributed by atoms with Crippen molar-refractivity contribution in [2.75, 3.05) is 19.9 Å². The lowest BCUT2D eigenvalue weighted by Crippen LogP contribution is -2.08. The first-order valence-electron chi connectivity index (χ1n) is 5.21. The Kier molecular flexibility index (Phi) is 4.09. The molecule has 4 N–H and O–H groups in total. The molecule has 0 saturated heterocycles. The van der Waals surface area contributed by atoms with Gasteiger partial charge >= 0.3 is 0 Å². The predicted octanol–water partition coefficient (Wildman–Crippen LogP) is 1.45. The van der Waals surface area contributed by atoms with Crippen molar-refractivity contribution in [2.45, 2.75) is 13.8 Å². The summed E-state index contributed by atoms with van der Waals surface area (Å²) in [4.78, 5) is 8.38. The van der Waals surface area contributed by atoms with Crippen molar-refractivity contribution in [1.82, 2.24) is 4.98 Å². The van der Waals surface area contributed by atoms with Crippen molar-refractivity contribution < 1.29 is 4.74 Å². The Morgan fingerprint density at radius 2 is 2.06 bits per heavy atom. The molecule has 0 unspecified atom stereocenters. The highest BCUT2D eigenvalue weighted by molar-refractivity contribution is 6.22. The summed E-state index contributed by atoms with van der Waals surface area (Å²) in [5, 5.41) is 0. The zero-order chi connectivity index (χ0) is 13.0. The van der Waals surface area contributed by atoms with E-state index < -0.39 is 0 Å². The number of nitrogens with zero attached hydrogens (tertiary/aromatic N) is 2. The second-order valence-corrected chi connectivity index (χ2v) is 3.68. The summed E-state index contributed by atoms with van der Waals surface area (Å²) < 4.78 is 5.16. The third kappa shape index (κ3) is 2.75. The van der Waals surface area contributed by atoms with E-state index >= 15 is 0 Å². The molecule has 1 aromatic rings. The quantitative estimate of drug-likeness (QED) is 0.775. The summed E-state index contributed by atoms with van der Waals surface area (Å²) in [6.45, 7) is 3.70. The van der Waals surface area contributed by atoms with Gasteiger partial charge in [-0.15, -0.1) is 0 Å². The zero-order valence-corrected chi connectivity index (χ0v) is 10.6. The molecule has 0 amide bonds. The number of hydrogen-bond acceptors (Lipinski definition) is 5. The van der Waals surface area contributed by atoms with E-state index in [2.05, 4.69) is 9.98 Å². The van der Waals surface area contributed by atoms with Gasteiger partial charge in [-0.25, -0.2) is 0 Å². The number of anilines is 1. The van der Waals surface area contributed by atoms with E-state index in [0.29, 0.717) is 22.8 Å². The van der Waals surface area contributed by atoms with Gasteiger partial charge in [-0.2, -0.15) is 0 Å². The highest BCUT2D eigenvalue weighted by Crippen LogP contribution is 2.25. The number of methoxy groups -OCH3 is 1. The monoisotopic (exact) mass is 234 g/mol. The molecule has 17 heavy (non-hydrogen) atoms. The number of nitrogen functional groups attached to an aromatic ring is 1. The second kappa shape index (κ2) is 5.34. The molecule has 0 bridgehead atoms.